The second-order valence-electron chi connectivity index (χ2n) is 6.62. The Morgan fingerprint density at radius 1 is 0.852 bits per heavy atom. The maximum atomic E-state index is 12.2. The molecule has 27 heavy (non-hydrogen) atoms. The van der Waals surface area contributed by atoms with Gasteiger partial charge >= 0.3 is 0 Å². The summed E-state index contributed by atoms with van der Waals surface area (Å²) in [6.45, 7) is 2.09. The summed E-state index contributed by atoms with van der Waals surface area (Å²) in [5.74, 6) is -0.273. The maximum Gasteiger partial charge on any atom is 0.251 e. The van der Waals surface area contributed by atoms with E-state index in [0.29, 0.717) is 29.2 Å². The molecule has 0 atom stereocenters. The van der Waals surface area contributed by atoms with Gasteiger partial charge in [-0.25, -0.2) is 0 Å². The van der Waals surface area contributed by atoms with Crippen molar-refractivity contribution in [3.05, 3.63) is 70.2 Å². The topological polar surface area (TPSA) is 61.4 Å². The van der Waals surface area contributed by atoms with Gasteiger partial charge in [-0.1, -0.05) is 23.7 Å². The van der Waals surface area contributed by atoms with Gasteiger partial charge in [0.05, 0.1) is 0 Å². The molecule has 5 nitrogen and oxygen atoms in total. The van der Waals surface area contributed by atoms with Crippen molar-refractivity contribution in [2.45, 2.75) is 12.8 Å². The summed E-state index contributed by atoms with van der Waals surface area (Å²) in [6, 6.07) is 14.3. The van der Waals surface area contributed by atoms with Crippen LogP contribution in [0.15, 0.2) is 48.5 Å². The predicted molar refractivity (Wildman–Crippen MR) is 109 cm³/mol. The number of carbonyl (C=O) groups excluding carboxylic acids is 2. The Labute approximate surface area is 165 Å². The molecule has 0 bridgehead atoms. The van der Waals surface area contributed by atoms with E-state index in [-0.39, 0.29) is 11.8 Å². The third-order valence-corrected chi connectivity index (χ3v) is 4.34. The van der Waals surface area contributed by atoms with Crippen LogP contribution in [0.5, 0.6) is 0 Å². The van der Waals surface area contributed by atoms with Crippen LogP contribution in [0.25, 0.3) is 0 Å². The zero-order chi connectivity index (χ0) is 19.6. The monoisotopic (exact) mass is 387 g/mol. The van der Waals surface area contributed by atoms with E-state index < -0.39 is 0 Å². The van der Waals surface area contributed by atoms with E-state index in [4.69, 9.17) is 11.6 Å². The minimum Gasteiger partial charge on any atom is -0.352 e. The van der Waals surface area contributed by atoms with Crippen LogP contribution in [-0.2, 0) is 6.42 Å². The van der Waals surface area contributed by atoms with Crippen LogP contribution in [-0.4, -0.2) is 50.4 Å². The van der Waals surface area contributed by atoms with Crippen molar-refractivity contribution in [2.24, 2.45) is 0 Å². The number of amides is 2. The fraction of sp³-hybridized carbons (Fsp3) is 0.333. The van der Waals surface area contributed by atoms with Crippen LogP contribution in [0, 0.1) is 0 Å². The van der Waals surface area contributed by atoms with E-state index in [1.807, 2.05) is 38.4 Å². The van der Waals surface area contributed by atoms with E-state index in [0.717, 1.165) is 24.9 Å². The molecule has 2 aromatic carbocycles. The number of benzene rings is 2. The molecule has 144 valence electrons. The number of hydrogen-bond acceptors (Lipinski definition) is 3. The number of halogens is 1. The molecule has 0 aromatic heterocycles. The van der Waals surface area contributed by atoms with Crippen LogP contribution in [0.2, 0.25) is 5.02 Å². The second kappa shape index (κ2) is 10.7. The quantitative estimate of drug-likeness (QED) is 0.650. The summed E-state index contributed by atoms with van der Waals surface area (Å²) in [4.78, 5) is 26.4. The molecule has 0 fully saturated rings. The van der Waals surface area contributed by atoms with E-state index in [1.165, 1.54) is 0 Å². The molecule has 2 amide bonds. The van der Waals surface area contributed by atoms with Gasteiger partial charge in [0.25, 0.3) is 11.8 Å². The third-order valence-electron chi connectivity index (χ3n) is 4.09. The second-order valence-corrected chi connectivity index (χ2v) is 7.06. The molecule has 2 rings (SSSR count). The minimum absolute atomic E-state index is 0.122. The van der Waals surface area contributed by atoms with Crippen molar-refractivity contribution in [1.82, 2.24) is 15.5 Å². The third kappa shape index (κ3) is 7.41. The van der Waals surface area contributed by atoms with Gasteiger partial charge in [-0.15, -0.1) is 0 Å². The first-order valence-electron chi connectivity index (χ1n) is 9.01. The van der Waals surface area contributed by atoms with Crippen LogP contribution in [0.4, 0.5) is 0 Å². The summed E-state index contributed by atoms with van der Waals surface area (Å²) in [7, 11) is 4.00. The van der Waals surface area contributed by atoms with Crippen molar-refractivity contribution in [1.29, 1.82) is 0 Å². The first-order valence-corrected chi connectivity index (χ1v) is 9.39. The molecule has 0 radical (unpaired) electrons. The van der Waals surface area contributed by atoms with Crippen molar-refractivity contribution < 1.29 is 9.59 Å². The molecular formula is C21H26ClN3O2. The van der Waals surface area contributed by atoms with Gasteiger partial charge in [0.15, 0.2) is 0 Å². The number of hydrogen-bond donors (Lipinski definition) is 2. The normalized spacial score (nSPS) is 10.7. The highest BCUT2D eigenvalue weighted by Gasteiger charge is 2.08. The van der Waals surface area contributed by atoms with Gasteiger partial charge in [0.2, 0.25) is 0 Å². The molecule has 2 aromatic rings. The molecule has 0 aliphatic rings. The van der Waals surface area contributed by atoms with Crippen LogP contribution < -0.4 is 10.6 Å². The fourth-order valence-electron chi connectivity index (χ4n) is 2.55. The van der Waals surface area contributed by atoms with Gasteiger partial charge < -0.3 is 15.5 Å². The Morgan fingerprint density at radius 2 is 1.37 bits per heavy atom. The van der Waals surface area contributed by atoms with Crippen molar-refractivity contribution in [3.8, 4) is 0 Å². The highest BCUT2D eigenvalue weighted by molar-refractivity contribution is 6.30. The lowest BCUT2D eigenvalue weighted by Gasteiger charge is -2.10. The molecule has 2 N–H and O–H groups in total. The molecular weight excluding hydrogens is 362 g/mol. The average Bonchev–Trinajstić information content (AvgIpc) is 2.66. The minimum atomic E-state index is -0.151. The first kappa shape index (κ1) is 20.9. The molecule has 0 unspecified atom stereocenters. The van der Waals surface area contributed by atoms with Gasteiger partial charge in [-0.3, -0.25) is 9.59 Å². The van der Waals surface area contributed by atoms with Crippen molar-refractivity contribution in [3.63, 3.8) is 0 Å². The molecule has 0 spiro atoms. The number of nitrogens with one attached hydrogen (secondary N) is 2. The lowest BCUT2D eigenvalue weighted by atomic mass is 10.1. The Hall–Kier alpha value is -2.37. The standard InChI is InChI=1S/C21H26ClN3O2/c1-25(2)15-3-13-23-20(26)17-6-8-18(9-7-17)21(27)24-14-12-16-4-10-19(22)11-5-16/h4-11H,3,12-15H2,1-2H3,(H,23,26)(H,24,27). The van der Waals surface area contributed by atoms with Crippen molar-refractivity contribution >= 4 is 23.4 Å². The molecule has 0 aliphatic heterocycles. The predicted octanol–water partition coefficient (Wildman–Crippen LogP) is 2.99. The summed E-state index contributed by atoms with van der Waals surface area (Å²) < 4.78 is 0. The summed E-state index contributed by atoms with van der Waals surface area (Å²) in [5.41, 5.74) is 2.20. The molecule has 0 heterocycles. The Bertz CT molecular complexity index is 743. The maximum absolute atomic E-state index is 12.2. The molecule has 0 aliphatic carbocycles. The Morgan fingerprint density at radius 3 is 1.89 bits per heavy atom. The highest BCUT2D eigenvalue weighted by Crippen LogP contribution is 2.10. The Balaban J connectivity index is 1.77. The molecule has 6 heteroatoms. The number of rotatable bonds is 9. The summed E-state index contributed by atoms with van der Waals surface area (Å²) in [6.07, 6.45) is 1.63. The van der Waals surface area contributed by atoms with Crippen LogP contribution in [0.3, 0.4) is 0 Å². The first-order chi connectivity index (χ1) is 13.0. The van der Waals surface area contributed by atoms with Crippen molar-refractivity contribution in [2.75, 3.05) is 33.7 Å². The number of nitrogens with zero attached hydrogens (tertiary/aromatic N) is 1. The van der Waals surface area contributed by atoms with Gasteiger partial charge in [0.1, 0.15) is 0 Å². The zero-order valence-corrected chi connectivity index (χ0v) is 16.6. The van der Waals surface area contributed by atoms with Crippen LogP contribution in [0.1, 0.15) is 32.7 Å². The van der Waals surface area contributed by atoms with Crippen LogP contribution >= 0.6 is 11.6 Å². The van der Waals surface area contributed by atoms with E-state index in [1.54, 1.807) is 24.3 Å². The SMILES string of the molecule is CN(C)CCCNC(=O)c1ccc(C(=O)NCCc2ccc(Cl)cc2)cc1. The van der Waals surface area contributed by atoms with E-state index in [9.17, 15) is 9.59 Å². The molecule has 0 saturated heterocycles. The van der Waals surface area contributed by atoms with E-state index in [2.05, 4.69) is 15.5 Å². The smallest absolute Gasteiger partial charge is 0.251 e. The number of carbonyl (C=O) groups is 2. The van der Waals surface area contributed by atoms with Gasteiger partial charge in [-0.2, -0.15) is 0 Å². The zero-order valence-electron chi connectivity index (χ0n) is 15.8. The van der Waals surface area contributed by atoms with E-state index >= 15 is 0 Å². The van der Waals surface area contributed by atoms with Gasteiger partial charge in [0, 0.05) is 29.2 Å². The largest absolute Gasteiger partial charge is 0.352 e. The Kier molecular flexibility index (Phi) is 8.30. The molecule has 0 saturated carbocycles. The summed E-state index contributed by atoms with van der Waals surface area (Å²) >= 11 is 5.86. The highest BCUT2D eigenvalue weighted by atomic mass is 35.5. The fourth-order valence-corrected chi connectivity index (χ4v) is 2.67. The van der Waals surface area contributed by atoms with Gasteiger partial charge in [-0.05, 0) is 75.4 Å². The lowest BCUT2D eigenvalue weighted by Crippen LogP contribution is -2.27. The average molecular weight is 388 g/mol. The summed E-state index contributed by atoms with van der Waals surface area (Å²) in [5, 5.41) is 6.47. The lowest BCUT2D eigenvalue weighted by molar-refractivity contribution is 0.0941.